The maximum Gasteiger partial charge on any atom is 0.123 e. The van der Waals surface area contributed by atoms with Crippen molar-refractivity contribution in [3.8, 4) is 0 Å². The minimum Gasteiger partial charge on any atom is -0.392 e. The van der Waals surface area contributed by atoms with Gasteiger partial charge in [-0.25, -0.2) is 4.39 Å². The van der Waals surface area contributed by atoms with E-state index in [1.54, 1.807) is 12.1 Å². The van der Waals surface area contributed by atoms with Crippen LogP contribution in [-0.2, 0) is 10.2 Å². The van der Waals surface area contributed by atoms with Crippen LogP contribution in [0, 0.1) is 11.7 Å². The molecule has 94 valence electrons. The Bertz CT molecular complexity index is 366. The Morgan fingerprint density at radius 2 is 2.00 bits per heavy atom. The van der Waals surface area contributed by atoms with Gasteiger partial charge in [-0.1, -0.05) is 26.0 Å². The number of aliphatic hydroxyl groups is 1. The molecule has 1 aliphatic heterocycles. The third-order valence-corrected chi connectivity index (χ3v) is 3.74. The third-order valence-electron chi connectivity index (χ3n) is 3.74. The van der Waals surface area contributed by atoms with E-state index in [0.717, 1.165) is 18.6 Å². The Morgan fingerprint density at radius 3 is 2.53 bits per heavy atom. The molecule has 2 rings (SSSR count). The molecular formula is C14H19FO2. The Hall–Kier alpha value is -0.930. The molecule has 17 heavy (non-hydrogen) atoms. The van der Waals surface area contributed by atoms with Crippen LogP contribution in [0.2, 0.25) is 0 Å². The molecule has 0 aliphatic carbocycles. The van der Waals surface area contributed by atoms with Crippen LogP contribution in [0.4, 0.5) is 4.39 Å². The van der Waals surface area contributed by atoms with Crippen LogP contribution < -0.4 is 0 Å². The Morgan fingerprint density at radius 1 is 1.35 bits per heavy atom. The third kappa shape index (κ3) is 2.50. The van der Waals surface area contributed by atoms with E-state index in [1.165, 1.54) is 12.1 Å². The summed E-state index contributed by atoms with van der Waals surface area (Å²) in [6.07, 6.45) is 0.432. The average molecular weight is 238 g/mol. The zero-order valence-electron chi connectivity index (χ0n) is 10.3. The van der Waals surface area contributed by atoms with E-state index in [-0.39, 0.29) is 17.2 Å². The topological polar surface area (TPSA) is 29.5 Å². The fraction of sp³-hybridized carbons (Fsp3) is 0.571. The number of hydrogen-bond acceptors (Lipinski definition) is 2. The SMILES string of the molecule is CC(C)(c1ccc(F)cc1)C(O)C1CCOC1. The van der Waals surface area contributed by atoms with E-state index in [4.69, 9.17) is 4.74 Å². The molecular weight excluding hydrogens is 219 g/mol. The molecule has 1 aliphatic rings. The van der Waals surface area contributed by atoms with Gasteiger partial charge in [0.15, 0.2) is 0 Å². The maximum absolute atomic E-state index is 12.9. The van der Waals surface area contributed by atoms with Gasteiger partial charge >= 0.3 is 0 Å². The number of halogens is 1. The molecule has 0 aromatic heterocycles. The molecule has 1 aromatic carbocycles. The first kappa shape index (κ1) is 12.5. The molecule has 1 heterocycles. The standard InChI is InChI=1S/C14H19FO2/c1-14(2,11-3-5-12(15)6-4-11)13(16)10-7-8-17-9-10/h3-6,10,13,16H,7-9H2,1-2H3. The second-order valence-electron chi connectivity index (χ2n) is 5.30. The molecule has 1 aromatic rings. The molecule has 2 nitrogen and oxygen atoms in total. The molecule has 1 saturated heterocycles. The number of rotatable bonds is 3. The quantitative estimate of drug-likeness (QED) is 0.876. The van der Waals surface area contributed by atoms with Crippen molar-refractivity contribution in [3.63, 3.8) is 0 Å². The molecule has 0 saturated carbocycles. The summed E-state index contributed by atoms with van der Waals surface area (Å²) in [7, 11) is 0. The zero-order valence-corrected chi connectivity index (χ0v) is 10.3. The predicted octanol–water partition coefficient (Wildman–Crippen LogP) is 2.50. The predicted molar refractivity (Wildman–Crippen MR) is 64.4 cm³/mol. The Balaban J connectivity index is 2.19. The van der Waals surface area contributed by atoms with Crippen molar-refractivity contribution >= 4 is 0 Å². The first-order valence-electron chi connectivity index (χ1n) is 6.03. The van der Waals surface area contributed by atoms with Crippen LogP contribution in [0.5, 0.6) is 0 Å². The summed E-state index contributed by atoms with van der Waals surface area (Å²) in [5, 5.41) is 10.4. The largest absolute Gasteiger partial charge is 0.392 e. The van der Waals surface area contributed by atoms with Crippen LogP contribution in [0.15, 0.2) is 24.3 Å². The van der Waals surface area contributed by atoms with Crippen molar-refractivity contribution in [1.82, 2.24) is 0 Å². The van der Waals surface area contributed by atoms with Crippen molar-refractivity contribution in [1.29, 1.82) is 0 Å². The van der Waals surface area contributed by atoms with Crippen molar-refractivity contribution in [3.05, 3.63) is 35.6 Å². The van der Waals surface area contributed by atoms with Crippen LogP contribution in [0.25, 0.3) is 0 Å². The summed E-state index contributed by atoms with van der Waals surface area (Å²) in [4.78, 5) is 0. The van der Waals surface area contributed by atoms with Crippen molar-refractivity contribution < 1.29 is 14.2 Å². The van der Waals surface area contributed by atoms with Gasteiger partial charge in [0.1, 0.15) is 5.82 Å². The van der Waals surface area contributed by atoms with E-state index in [1.807, 2.05) is 13.8 Å². The fourth-order valence-electron chi connectivity index (χ4n) is 2.44. The fourth-order valence-corrected chi connectivity index (χ4v) is 2.44. The van der Waals surface area contributed by atoms with Gasteiger partial charge in [-0.3, -0.25) is 0 Å². The van der Waals surface area contributed by atoms with Crippen molar-refractivity contribution in [2.24, 2.45) is 5.92 Å². The zero-order chi connectivity index (χ0) is 12.5. The smallest absolute Gasteiger partial charge is 0.123 e. The molecule has 0 bridgehead atoms. The van der Waals surface area contributed by atoms with Gasteiger partial charge in [-0.05, 0) is 24.1 Å². The van der Waals surface area contributed by atoms with E-state index in [2.05, 4.69) is 0 Å². The lowest BCUT2D eigenvalue weighted by Crippen LogP contribution is -2.39. The lowest BCUT2D eigenvalue weighted by Gasteiger charge is -2.34. The van der Waals surface area contributed by atoms with Gasteiger partial charge in [0, 0.05) is 17.9 Å². The van der Waals surface area contributed by atoms with Gasteiger partial charge in [0.2, 0.25) is 0 Å². The molecule has 2 atom stereocenters. The minimum absolute atomic E-state index is 0.176. The van der Waals surface area contributed by atoms with Crippen LogP contribution in [0.3, 0.4) is 0 Å². The summed E-state index contributed by atoms with van der Waals surface area (Å²) < 4.78 is 18.2. The second kappa shape index (κ2) is 4.75. The summed E-state index contributed by atoms with van der Waals surface area (Å²) in [6.45, 7) is 5.32. The average Bonchev–Trinajstić information content (AvgIpc) is 2.82. The lowest BCUT2D eigenvalue weighted by molar-refractivity contribution is 0.0367. The highest BCUT2D eigenvalue weighted by atomic mass is 19.1. The molecule has 1 N–H and O–H groups in total. The molecule has 1 fully saturated rings. The summed E-state index contributed by atoms with van der Waals surface area (Å²) in [6, 6.07) is 6.37. The summed E-state index contributed by atoms with van der Waals surface area (Å²) in [5.74, 6) is -0.0710. The highest BCUT2D eigenvalue weighted by molar-refractivity contribution is 5.26. The van der Waals surface area contributed by atoms with E-state index in [0.29, 0.717) is 6.61 Å². The lowest BCUT2D eigenvalue weighted by atomic mass is 9.74. The van der Waals surface area contributed by atoms with Gasteiger partial charge in [0.25, 0.3) is 0 Å². The Kier molecular flexibility index (Phi) is 3.50. The number of hydrogen-bond donors (Lipinski definition) is 1. The monoisotopic (exact) mass is 238 g/mol. The Labute approximate surface area is 101 Å². The summed E-state index contributed by atoms with van der Waals surface area (Å²) in [5.41, 5.74) is 0.574. The van der Waals surface area contributed by atoms with Gasteiger partial charge < -0.3 is 9.84 Å². The number of benzene rings is 1. The first-order valence-corrected chi connectivity index (χ1v) is 6.03. The van der Waals surface area contributed by atoms with E-state index < -0.39 is 6.10 Å². The second-order valence-corrected chi connectivity index (χ2v) is 5.30. The first-order chi connectivity index (χ1) is 8.01. The highest BCUT2D eigenvalue weighted by Gasteiger charge is 2.37. The molecule has 3 heteroatoms. The van der Waals surface area contributed by atoms with E-state index >= 15 is 0 Å². The minimum atomic E-state index is -0.463. The molecule has 2 unspecified atom stereocenters. The van der Waals surface area contributed by atoms with Gasteiger partial charge in [-0.15, -0.1) is 0 Å². The highest BCUT2D eigenvalue weighted by Crippen LogP contribution is 2.34. The van der Waals surface area contributed by atoms with E-state index in [9.17, 15) is 9.50 Å². The van der Waals surface area contributed by atoms with Crippen LogP contribution >= 0.6 is 0 Å². The van der Waals surface area contributed by atoms with Gasteiger partial charge in [0.05, 0.1) is 12.7 Å². The molecule has 0 amide bonds. The molecule has 0 radical (unpaired) electrons. The van der Waals surface area contributed by atoms with Crippen LogP contribution in [-0.4, -0.2) is 24.4 Å². The van der Waals surface area contributed by atoms with Crippen molar-refractivity contribution in [2.45, 2.75) is 31.8 Å². The van der Waals surface area contributed by atoms with Crippen LogP contribution in [0.1, 0.15) is 25.8 Å². The van der Waals surface area contributed by atoms with Gasteiger partial charge in [-0.2, -0.15) is 0 Å². The summed E-state index contributed by atoms with van der Waals surface area (Å²) >= 11 is 0. The molecule has 0 spiro atoms. The van der Waals surface area contributed by atoms with Crippen molar-refractivity contribution in [2.75, 3.05) is 13.2 Å². The maximum atomic E-state index is 12.9. The number of aliphatic hydroxyl groups excluding tert-OH is 1. The normalized spacial score (nSPS) is 22.7. The number of ether oxygens (including phenoxy) is 1.